The summed E-state index contributed by atoms with van der Waals surface area (Å²) in [4.78, 5) is 45.2. The van der Waals surface area contributed by atoms with E-state index in [-0.39, 0.29) is 38.6 Å². The van der Waals surface area contributed by atoms with Crippen LogP contribution in [-0.4, -0.2) is 70.9 Å². The summed E-state index contributed by atoms with van der Waals surface area (Å²) in [5.41, 5.74) is 13.7. The number of esters is 2. The molecule has 7 nitrogen and oxygen atoms in total. The van der Waals surface area contributed by atoms with Crippen molar-refractivity contribution in [2.45, 2.75) is 161 Å². The summed E-state index contributed by atoms with van der Waals surface area (Å²) < 4.78 is 5.28. The number of nitrogens with zero attached hydrogens (tertiary/aromatic N) is 2. The highest BCUT2D eigenvalue weighted by Gasteiger charge is 2.41. The van der Waals surface area contributed by atoms with Gasteiger partial charge in [0.15, 0.2) is 5.78 Å². The van der Waals surface area contributed by atoms with Gasteiger partial charge in [-0.05, 0) is 204 Å². The molecule has 1 atom stereocenters. The SMILES string of the molecule is CC(C)N1CC=C(c2cc(C(=O)C=Cc3ccc(C(=O)OC(=O)c4ccc(C#CC(O)c5cc(C6=CCN(C(C)C)CC6)c6c(c5)C(C)(C)CCC6(C)C)cc4)cc3)cc3c2C(C)(C)CCC3(C)C)CC1. The molecule has 0 amide bonds. The maximum absolute atomic E-state index is 13.9. The maximum atomic E-state index is 13.9. The Labute approximate surface area is 424 Å². The van der Waals surface area contributed by atoms with Gasteiger partial charge in [0.25, 0.3) is 0 Å². The average molecular weight is 953 g/mol. The molecule has 0 aromatic heterocycles. The van der Waals surface area contributed by atoms with Crippen LogP contribution in [0.4, 0.5) is 0 Å². The van der Waals surface area contributed by atoms with Gasteiger partial charge in [0.1, 0.15) is 6.10 Å². The Hall–Kier alpha value is -5.65. The van der Waals surface area contributed by atoms with Crippen molar-refractivity contribution in [1.82, 2.24) is 9.80 Å². The number of benzene rings is 4. The van der Waals surface area contributed by atoms with Gasteiger partial charge in [0, 0.05) is 49.4 Å². The van der Waals surface area contributed by atoms with Crippen molar-refractivity contribution in [3.63, 3.8) is 0 Å². The van der Waals surface area contributed by atoms with Crippen LogP contribution in [0.1, 0.15) is 209 Å². The van der Waals surface area contributed by atoms with Crippen molar-refractivity contribution < 1.29 is 24.2 Å². The van der Waals surface area contributed by atoms with E-state index in [1.807, 2.05) is 0 Å². The fourth-order valence-corrected chi connectivity index (χ4v) is 11.3. The third kappa shape index (κ3) is 11.1. The molecule has 7 heteroatoms. The second kappa shape index (κ2) is 20.1. The van der Waals surface area contributed by atoms with Gasteiger partial charge in [-0.3, -0.25) is 14.6 Å². The van der Waals surface area contributed by atoms with Crippen LogP contribution in [0, 0.1) is 11.8 Å². The van der Waals surface area contributed by atoms with Crippen LogP contribution in [0.3, 0.4) is 0 Å². The molecule has 0 bridgehead atoms. The van der Waals surface area contributed by atoms with Crippen molar-refractivity contribution in [3.8, 4) is 11.8 Å². The lowest BCUT2D eigenvalue weighted by molar-refractivity contribution is 0.0397. The molecule has 71 heavy (non-hydrogen) atoms. The van der Waals surface area contributed by atoms with Crippen molar-refractivity contribution in [2.75, 3.05) is 26.2 Å². The molecule has 1 unspecified atom stereocenters. The van der Waals surface area contributed by atoms with E-state index in [2.05, 4.69) is 141 Å². The number of ketones is 1. The zero-order valence-electron chi connectivity index (χ0n) is 44.5. The van der Waals surface area contributed by atoms with Crippen molar-refractivity contribution in [1.29, 1.82) is 0 Å². The van der Waals surface area contributed by atoms with Gasteiger partial charge < -0.3 is 9.84 Å². The maximum Gasteiger partial charge on any atom is 0.346 e. The predicted molar refractivity (Wildman–Crippen MR) is 290 cm³/mol. The smallest absolute Gasteiger partial charge is 0.346 e. The molecule has 2 aliphatic carbocycles. The summed E-state index contributed by atoms with van der Waals surface area (Å²) in [6.07, 6.45) is 13.3. The lowest BCUT2D eigenvalue weighted by Gasteiger charge is -2.44. The van der Waals surface area contributed by atoms with E-state index in [0.29, 0.717) is 23.2 Å². The summed E-state index contributed by atoms with van der Waals surface area (Å²) in [5, 5.41) is 11.6. The monoisotopic (exact) mass is 953 g/mol. The topological polar surface area (TPSA) is 87.1 Å². The van der Waals surface area contributed by atoms with Gasteiger partial charge in [0.05, 0.1) is 11.1 Å². The van der Waals surface area contributed by atoms with E-state index in [1.54, 1.807) is 60.7 Å². The fourth-order valence-electron chi connectivity index (χ4n) is 11.3. The van der Waals surface area contributed by atoms with Crippen LogP contribution in [-0.2, 0) is 26.4 Å². The van der Waals surface area contributed by atoms with E-state index in [1.165, 1.54) is 44.5 Å². The molecular formula is C64H76N2O5. The molecule has 0 fully saturated rings. The summed E-state index contributed by atoms with van der Waals surface area (Å²) in [7, 11) is 0. The number of aliphatic hydroxyl groups is 1. The zero-order valence-corrected chi connectivity index (χ0v) is 44.5. The van der Waals surface area contributed by atoms with Crippen molar-refractivity contribution in [2.24, 2.45) is 0 Å². The number of aliphatic hydroxyl groups excluding tert-OH is 1. The number of hydrogen-bond donors (Lipinski definition) is 1. The highest BCUT2D eigenvalue weighted by atomic mass is 16.6. The Balaban J connectivity index is 0.929. The Morgan fingerprint density at radius 2 is 1.07 bits per heavy atom. The second-order valence-corrected chi connectivity index (χ2v) is 23.9. The predicted octanol–water partition coefficient (Wildman–Crippen LogP) is 13.4. The fraction of sp³-hybridized carbons (Fsp3) is 0.453. The van der Waals surface area contributed by atoms with Crippen LogP contribution in [0.2, 0.25) is 0 Å². The van der Waals surface area contributed by atoms with Gasteiger partial charge >= 0.3 is 11.9 Å². The molecule has 4 aliphatic rings. The molecule has 4 aromatic rings. The summed E-state index contributed by atoms with van der Waals surface area (Å²) in [5.74, 6) is 4.56. The molecule has 0 saturated heterocycles. The number of allylic oxidation sites excluding steroid dienone is 1. The third-order valence-corrected chi connectivity index (χ3v) is 16.3. The van der Waals surface area contributed by atoms with E-state index >= 15 is 0 Å². The molecule has 4 aromatic carbocycles. The van der Waals surface area contributed by atoms with Gasteiger partial charge in [0.2, 0.25) is 0 Å². The minimum Gasteiger partial charge on any atom is -0.386 e. The minimum absolute atomic E-state index is 0.000656. The summed E-state index contributed by atoms with van der Waals surface area (Å²) >= 11 is 0. The van der Waals surface area contributed by atoms with Crippen molar-refractivity contribution >= 4 is 34.9 Å². The number of rotatable bonds is 10. The Kier molecular flexibility index (Phi) is 14.6. The van der Waals surface area contributed by atoms with Gasteiger partial charge in [-0.2, -0.15) is 0 Å². The molecule has 2 heterocycles. The zero-order chi connectivity index (χ0) is 51.2. The Morgan fingerprint density at radius 1 is 0.606 bits per heavy atom. The molecule has 1 N–H and O–H groups in total. The molecule has 372 valence electrons. The van der Waals surface area contributed by atoms with Crippen LogP contribution in [0.15, 0.2) is 91.0 Å². The number of ether oxygens (including phenoxy) is 1. The first-order valence-corrected chi connectivity index (χ1v) is 26.1. The van der Waals surface area contributed by atoms with Crippen LogP contribution in [0.5, 0.6) is 0 Å². The number of hydrogen-bond acceptors (Lipinski definition) is 7. The Morgan fingerprint density at radius 3 is 1.55 bits per heavy atom. The van der Waals surface area contributed by atoms with E-state index in [4.69, 9.17) is 4.74 Å². The second-order valence-electron chi connectivity index (χ2n) is 23.9. The first kappa shape index (κ1) is 51.7. The molecule has 2 aliphatic heterocycles. The van der Waals surface area contributed by atoms with Crippen LogP contribution in [0.25, 0.3) is 17.2 Å². The lowest BCUT2D eigenvalue weighted by atomic mass is 9.61. The van der Waals surface area contributed by atoms with Gasteiger partial charge in [-0.1, -0.05) is 104 Å². The lowest BCUT2D eigenvalue weighted by Crippen LogP contribution is -2.37. The molecule has 8 rings (SSSR count). The number of carbonyl (C=O) groups is 3. The largest absolute Gasteiger partial charge is 0.386 e. The van der Waals surface area contributed by atoms with E-state index in [9.17, 15) is 19.5 Å². The van der Waals surface area contributed by atoms with E-state index < -0.39 is 18.0 Å². The molecule has 0 saturated carbocycles. The quantitative estimate of drug-likeness (QED) is 0.0557. The van der Waals surface area contributed by atoms with Crippen molar-refractivity contribution in [3.05, 3.63) is 158 Å². The first-order chi connectivity index (χ1) is 33.4. The van der Waals surface area contributed by atoms with Crippen LogP contribution < -0.4 is 0 Å². The average Bonchev–Trinajstić information content (AvgIpc) is 3.35. The molecular weight excluding hydrogens is 877 g/mol. The highest BCUT2D eigenvalue weighted by Crippen LogP contribution is 2.51. The third-order valence-electron chi connectivity index (χ3n) is 16.3. The summed E-state index contributed by atoms with van der Waals surface area (Å²) in [6, 6.07) is 22.8. The highest BCUT2D eigenvalue weighted by molar-refractivity contribution is 6.08. The number of carbonyl (C=O) groups excluding carboxylic acids is 3. The van der Waals surface area contributed by atoms with Gasteiger partial charge in [-0.25, -0.2) is 9.59 Å². The normalized spacial score (nSPS) is 19.8. The standard InChI is InChI=1S/C64H76N2O5/c1-41(2)65-33-25-45(26-34-65)51-37-49(39-53-57(51)63(9,10)31-29-61(53,5)6)55(67)23-17-43-13-19-47(20-14-43)59(69)71-60(70)48-21-15-44(16-22-48)18-24-56(68)50-38-52(46-27-35-66(36-28-46)42(3)4)58-54(40-50)62(7,8)30-32-64(58,11)12/h13-17,19-23,25,27,37-42,56,68H,26,28-36H2,1-12H3. The first-order valence-electron chi connectivity index (χ1n) is 26.1. The van der Waals surface area contributed by atoms with Gasteiger partial charge in [-0.15, -0.1) is 0 Å². The van der Waals surface area contributed by atoms with Crippen LogP contribution >= 0.6 is 0 Å². The number of fused-ring (bicyclic) bond motifs is 2. The Bertz CT molecular complexity index is 2870. The molecule has 0 spiro atoms. The van der Waals surface area contributed by atoms with E-state index in [0.717, 1.165) is 75.8 Å². The minimum atomic E-state index is -1.01. The summed E-state index contributed by atoms with van der Waals surface area (Å²) in [6.45, 7) is 31.4. The molecule has 0 radical (unpaired) electrons.